The van der Waals surface area contributed by atoms with Gasteiger partial charge in [0.25, 0.3) is 0 Å². The molecule has 0 saturated carbocycles. The summed E-state index contributed by atoms with van der Waals surface area (Å²) >= 11 is 1.57. The molecule has 1 heterocycles. The van der Waals surface area contributed by atoms with Crippen molar-refractivity contribution in [1.82, 2.24) is 4.98 Å². The van der Waals surface area contributed by atoms with Crippen LogP contribution in [0, 0.1) is 6.92 Å². The number of rotatable bonds is 5. The number of carboxylic acid groups (broad SMARTS) is 1. The quantitative estimate of drug-likeness (QED) is 0.859. The Kier molecular flexibility index (Phi) is 4.64. The summed E-state index contributed by atoms with van der Waals surface area (Å²) < 4.78 is 5.13. The first-order chi connectivity index (χ1) is 7.52. The van der Waals surface area contributed by atoms with E-state index in [-0.39, 0.29) is 12.5 Å². The first kappa shape index (κ1) is 12.9. The average Bonchev–Trinajstić information content (AvgIpc) is 2.60. The summed E-state index contributed by atoms with van der Waals surface area (Å²) in [5, 5.41) is 11.6. The SMILES string of the molecule is CO[C@@H](CC(=O)O)/C(C)=C/c1csc(C)n1. The van der Waals surface area contributed by atoms with E-state index in [1.807, 2.05) is 25.3 Å². The Morgan fingerprint density at radius 3 is 2.88 bits per heavy atom. The van der Waals surface area contributed by atoms with E-state index < -0.39 is 5.97 Å². The molecule has 0 aliphatic heterocycles. The molecule has 0 spiro atoms. The Morgan fingerprint density at radius 2 is 2.44 bits per heavy atom. The van der Waals surface area contributed by atoms with Gasteiger partial charge in [-0.25, -0.2) is 4.98 Å². The Morgan fingerprint density at radius 1 is 1.75 bits per heavy atom. The smallest absolute Gasteiger partial charge is 0.306 e. The second kappa shape index (κ2) is 5.77. The van der Waals surface area contributed by atoms with E-state index in [1.54, 1.807) is 11.3 Å². The third-order valence-corrected chi connectivity index (χ3v) is 2.96. The summed E-state index contributed by atoms with van der Waals surface area (Å²) in [7, 11) is 1.51. The number of methoxy groups -OCH3 is 1. The van der Waals surface area contributed by atoms with Crippen LogP contribution in [0.4, 0.5) is 0 Å². The second-order valence-corrected chi connectivity index (χ2v) is 4.56. The van der Waals surface area contributed by atoms with Crippen molar-refractivity contribution in [3.63, 3.8) is 0 Å². The van der Waals surface area contributed by atoms with Crippen LogP contribution < -0.4 is 0 Å². The van der Waals surface area contributed by atoms with E-state index in [0.717, 1.165) is 16.3 Å². The zero-order valence-corrected chi connectivity index (χ0v) is 10.4. The lowest BCUT2D eigenvalue weighted by Gasteiger charge is -2.13. The van der Waals surface area contributed by atoms with Gasteiger partial charge in [0.15, 0.2) is 0 Å². The predicted molar refractivity (Wildman–Crippen MR) is 63.6 cm³/mol. The molecule has 0 amide bonds. The van der Waals surface area contributed by atoms with Crippen molar-refractivity contribution < 1.29 is 14.6 Å². The average molecular weight is 241 g/mol. The lowest BCUT2D eigenvalue weighted by atomic mass is 10.1. The molecule has 0 fully saturated rings. The number of hydrogen-bond donors (Lipinski definition) is 1. The Bertz CT molecular complexity index is 398. The van der Waals surface area contributed by atoms with Gasteiger partial charge in [-0.05, 0) is 25.5 Å². The molecule has 0 aromatic carbocycles. The van der Waals surface area contributed by atoms with Gasteiger partial charge in [-0.2, -0.15) is 0 Å². The number of aliphatic carboxylic acids is 1. The maximum absolute atomic E-state index is 10.6. The number of thiazole rings is 1. The van der Waals surface area contributed by atoms with E-state index in [4.69, 9.17) is 9.84 Å². The molecule has 0 aliphatic rings. The standard InChI is InChI=1S/C11H15NO3S/c1-7(10(15-3)5-11(13)14)4-9-6-16-8(2)12-9/h4,6,10H,5H2,1-3H3,(H,13,14)/b7-4+/t10-/m0/s1. The van der Waals surface area contributed by atoms with Crippen LogP contribution in [-0.4, -0.2) is 29.3 Å². The fourth-order valence-electron chi connectivity index (χ4n) is 1.36. The van der Waals surface area contributed by atoms with Gasteiger partial charge in [0.05, 0.1) is 23.2 Å². The van der Waals surface area contributed by atoms with Crippen LogP contribution in [0.15, 0.2) is 11.0 Å². The van der Waals surface area contributed by atoms with Crippen molar-refractivity contribution in [1.29, 1.82) is 0 Å². The normalized spacial score (nSPS) is 13.8. The van der Waals surface area contributed by atoms with Gasteiger partial charge in [0.1, 0.15) is 0 Å². The van der Waals surface area contributed by atoms with E-state index >= 15 is 0 Å². The number of carboxylic acids is 1. The van der Waals surface area contributed by atoms with Crippen LogP contribution in [0.25, 0.3) is 6.08 Å². The molecule has 0 bridgehead atoms. The van der Waals surface area contributed by atoms with Gasteiger partial charge in [-0.3, -0.25) is 4.79 Å². The lowest BCUT2D eigenvalue weighted by molar-refractivity contribution is -0.139. The molecule has 1 N–H and O–H groups in total. The minimum atomic E-state index is -0.867. The molecule has 1 atom stereocenters. The number of hydrogen-bond acceptors (Lipinski definition) is 4. The third-order valence-electron chi connectivity index (χ3n) is 2.16. The van der Waals surface area contributed by atoms with Crippen molar-refractivity contribution in [3.05, 3.63) is 21.7 Å². The van der Waals surface area contributed by atoms with Gasteiger partial charge in [-0.15, -0.1) is 11.3 Å². The number of carbonyl (C=O) groups is 1. The summed E-state index contributed by atoms with van der Waals surface area (Å²) in [5.41, 5.74) is 1.72. The van der Waals surface area contributed by atoms with Crippen LogP contribution in [0.1, 0.15) is 24.0 Å². The Labute approximate surface area is 98.6 Å². The topological polar surface area (TPSA) is 59.4 Å². The minimum absolute atomic E-state index is 0.0258. The van der Waals surface area contributed by atoms with Crippen molar-refractivity contribution in [2.24, 2.45) is 0 Å². The van der Waals surface area contributed by atoms with E-state index in [0.29, 0.717) is 0 Å². The summed E-state index contributed by atoms with van der Waals surface area (Å²) in [6.07, 6.45) is 1.45. The van der Waals surface area contributed by atoms with Gasteiger partial charge in [0, 0.05) is 12.5 Å². The first-order valence-corrected chi connectivity index (χ1v) is 5.75. The first-order valence-electron chi connectivity index (χ1n) is 4.88. The van der Waals surface area contributed by atoms with Gasteiger partial charge < -0.3 is 9.84 Å². The summed E-state index contributed by atoms with van der Waals surface area (Å²) in [6, 6.07) is 0. The number of aromatic nitrogens is 1. The highest BCUT2D eigenvalue weighted by atomic mass is 32.1. The zero-order valence-electron chi connectivity index (χ0n) is 9.56. The Balaban J connectivity index is 2.77. The van der Waals surface area contributed by atoms with E-state index in [1.165, 1.54) is 7.11 Å². The van der Waals surface area contributed by atoms with Crippen LogP contribution >= 0.6 is 11.3 Å². The van der Waals surface area contributed by atoms with Crippen LogP contribution in [0.3, 0.4) is 0 Å². The number of aryl methyl sites for hydroxylation is 1. The number of ether oxygens (including phenoxy) is 1. The molecule has 5 heteroatoms. The highest BCUT2D eigenvalue weighted by molar-refractivity contribution is 7.09. The van der Waals surface area contributed by atoms with E-state index in [2.05, 4.69) is 4.98 Å². The van der Waals surface area contributed by atoms with Crippen molar-refractivity contribution in [3.8, 4) is 0 Å². The molecule has 1 aromatic rings. The highest BCUT2D eigenvalue weighted by Gasteiger charge is 2.14. The molecule has 0 radical (unpaired) electrons. The van der Waals surface area contributed by atoms with Crippen molar-refractivity contribution >= 4 is 23.4 Å². The Hall–Kier alpha value is -1.20. The summed E-state index contributed by atoms with van der Waals surface area (Å²) in [5.74, 6) is -0.867. The fourth-order valence-corrected chi connectivity index (χ4v) is 1.93. The molecule has 1 aromatic heterocycles. The largest absolute Gasteiger partial charge is 0.481 e. The van der Waals surface area contributed by atoms with Gasteiger partial charge >= 0.3 is 5.97 Å². The maximum Gasteiger partial charge on any atom is 0.306 e. The van der Waals surface area contributed by atoms with Crippen molar-refractivity contribution in [2.75, 3.05) is 7.11 Å². The highest BCUT2D eigenvalue weighted by Crippen LogP contribution is 2.16. The van der Waals surface area contributed by atoms with E-state index in [9.17, 15) is 4.79 Å². The van der Waals surface area contributed by atoms with Crippen LogP contribution in [-0.2, 0) is 9.53 Å². The zero-order chi connectivity index (χ0) is 12.1. The minimum Gasteiger partial charge on any atom is -0.481 e. The molecule has 0 saturated heterocycles. The molecular formula is C11H15NO3S. The molecule has 88 valence electrons. The summed E-state index contributed by atoms with van der Waals surface area (Å²) in [6.45, 7) is 3.79. The number of nitrogens with zero attached hydrogens (tertiary/aromatic N) is 1. The van der Waals surface area contributed by atoms with Crippen LogP contribution in [0.5, 0.6) is 0 Å². The predicted octanol–water partition coefficient (Wildman–Crippen LogP) is 2.34. The molecule has 0 unspecified atom stereocenters. The van der Waals surface area contributed by atoms with Gasteiger partial charge in [0.2, 0.25) is 0 Å². The maximum atomic E-state index is 10.6. The lowest BCUT2D eigenvalue weighted by Crippen LogP contribution is -2.17. The van der Waals surface area contributed by atoms with Crippen LogP contribution in [0.2, 0.25) is 0 Å². The summed E-state index contributed by atoms with van der Waals surface area (Å²) in [4.78, 5) is 14.9. The molecular weight excluding hydrogens is 226 g/mol. The van der Waals surface area contributed by atoms with Crippen molar-refractivity contribution in [2.45, 2.75) is 26.4 Å². The molecule has 16 heavy (non-hydrogen) atoms. The fraction of sp³-hybridized carbons (Fsp3) is 0.455. The monoisotopic (exact) mass is 241 g/mol. The second-order valence-electron chi connectivity index (χ2n) is 3.50. The molecule has 0 aliphatic carbocycles. The molecule has 4 nitrogen and oxygen atoms in total. The van der Waals surface area contributed by atoms with Gasteiger partial charge in [-0.1, -0.05) is 0 Å². The molecule has 1 rings (SSSR count). The third kappa shape index (κ3) is 3.75.